The van der Waals surface area contributed by atoms with E-state index in [1.807, 2.05) is 49.4 Å². The van der Waals surface area contributed by atoms with Gasteiger partial charge in [0, 0.05) is 24.7 Å². The molecule has 1 N–H and O–H groups in total. The lowest BCUT2D eigenvalue weighted by Gasteiger charge is -2.10. The molecule has 29 heavy (non-hydrogen) atoms. The Morgan fingerprint density at radius 2 is 1.90 bits per heavy atom. The van der Waals surface area contributed by atoms with Crippen molar-refractivity contribution in [3.8, 4) is 22.8 Å². The normalized spacial score (nSPS) is 10.4. The molecule has 0 saturated heterocycles. The monoisotopic (exact) mass is 393 g/mol. The number of hydrogen-bond donors (Lipinski definition) is 1. The Labute approximate surface area is 168 Å². The minimum absolute atomic E-state index is 0.0764. The van der Waals surface area contributed by atoms with Crippen molar-refractivity contribution < 1.29 is 14.3 Å². The van der Waals surface area contributed by atoms with Gasteiger partial charge in [0.15, 0.2) is 6.61 Å². The first-order chi connectivity index (χ1) is 14.0. The molecule has 0 spiro atoms. The van der Waals surface area contributed by atoms with Crippen molar-refractivity contribution in [1.82, 2.24) is 14.9 Å². The summed E-state index contributed by atoms with van der Waals surface area (Å²) in [6.45, 7) is 2.51. The second kappa shape index (κ2) is 9.54. The molecule has 0 fully saturated rings. The van der Waals surface area contributed by atoms with Gasteiger partial charge in [-0.15, -0.1) is 0 Å². The molecule has 0 atom stereocenters. The molecule has 0 saturated carbocycles. The van der Waals surface area contributed by atoms with Gasteiger partial charge in [-0.1, -0.05) is 12.1 Å². The zero-order valence-electron chi connectivity index (χ0n) is 16.4. The molecule has 0 bridgehead atoms. The minimum Gasteiger partial charge on any atom is -0.497 e. The fourth-order valence-electron chi connectivity index (χ4n) is 2.73. The van der Waals surface area contributed by atoms with Gasteiger partial charge < -0.3 is 14.8 Å². The lowest BCUT2D eigenvalue weighted by Crippen LogP contribution is -2.33. The summed E-state index contributed by atoms with van der Waals surface area (Å²) in [6, 6.07) is 16.3. The molecule has 1 heterocycles. The summed E-state index contributed by atoms with van der Waals surface area (Å²) in [6.07, 6.45) is 1.48. The lowest BCUT2D eigenvalue weighted by atomic mass is 10.1. The number of amides is 1. The summed E-state index contributed by atoms with van der Waals surface area (Å²) >= 11 is 0. The number of aromatic nitrogens is 2. The van der Waals surface area contributed by atoms with Crippen LogP contribution < -0.4 is 20.3 Å². The van der Waals surface area contributed by atoms with Gasteiger partial charge in [-0.05, 0) is 48.9 Å². The van der Waals surface area contributed by atoms with Gasteiger partial charge in [-0.2, -0.15) is 0 Å². The van der Waals surface area contributed by atoms with E-state index in [-0.39, 0.29) is 18.1 Å². The zero-order valence-corrected chi connectivity index (χ0v) is 16.4. The van der Waals surface area contributed by atoms with Gasteiger partial charge in [0.05, 0.1) is 19.1 Å². The Kier molecular flexibility index (Phi) is 6.63. The molecular weight excluding hydrogens is 370 g/mol. The highest BCUT2D eigenvalue weighted by atomic mass is 16.5. The summed E-state index contributed by atoms with van der Waals surface area (Å²) in [5.41, 5.74) is 2.30. The second-order valence-electron chi connectivity index (χ2n) is 6.49. The predicted molar refractivity (Wildman–Crippen MR) is 110 cm³/mol. The molecular formula is C22H23N3O4. The standard InChI is InChI=1S/C22H23N3O4/c1-16-4-3-5-19(12-16)29-14-21(26)23-10-11-25-15-24-20(13-22(25)27)17-6-8-18(28-2)9-7-17/h3-9,12-13,15H,10-11,14H2,1-2H3,(H,23,26). The summed E-state index contributed by atoms with van der Waals surface area (Å²) in [5, 5.41) is 2.74. The summed E-state index contributed by atoms with van der Waals surface area (Å²) in [4.78, 5) is 28.6. The maximum absolute atomic E-state index is 12.3. The number of methoxy groups -OCH3 is 1. The highest BCUT2D eigenvalue weighted by molar-refractivity contribution is 5.77. The van der Waals surface area contributed by atoms with E-state index in [1.165, 1.54) is 17.0 Å². The van der Waals surface area contributed by atoms with Gasteiger partial charge in [-0.3, -0.25) is 14.2 Å². The highest BCUT2D eigenvalue weighted by Crippen LogP contribution is 2.19. The van der Waals surface area contributed by atoms with Crippen LogP contribution in [0.15, 0.2) is 65.7 Å². The fraction of sp³-hybridized carbons (Fsp3) is 0.227. The molecule has 0 unspecified atom stereocenters. The minimum atomic E-state index is -0.248. The number of carbonyl (C=O) groups excluding carboxylic acids is 1. The van der Waals surface area contributed by atoms with Crippen LogP contribution in [0.4, 0.5) is 0 Å². The van der Waals surface area contributed by atoms with Gasteiger partial charge in [0.1, 0.15) is 11.5 Å². The molecule has 150 valence electrons. The number of carbonyl (C=O) groups is 1. The summed E-state index contributed by atoms with van der Waals surface area (Å²) in [5.74, 6) is 1.14. The number of benzene rings is 2. The van der Waals surface area contributed by atoms with Crippen LogP contribution in [0.2, 0.25) is 0 Å². The largest absolute Gasteiger partial charge is 0.497 e. The Hall–Kier alpha value is -3.61. The predicted octanol–water partition coefficient (Wildman–Crippen LogP) is 2.42. The molecule has 1 amide bonds. The van der Waals surface area contributed by atoms with Crippen molar-refractivity contribution in [1.29, 1.82) is 0 Å². The number of hydrogen-bond acceptors (Lipinski definition) is 5. The number of nitrogens with one attached hydrogen (secondary N) is 1. The van der Waals surface area contributed by atoms with Crippen molar-refractivity contribution in [2.24, 2.45) is 0 Å². The van der Waals surface area contributed by atoms with Crippen LogP contribution in [0, 0.1) is 6.92 Å². The number of aryl methyl sites for hydroxylation is 1. The van der Waals surface area contributed by atoms with Crippen LogP contribution in [-0.2, 0) is 11.3 Å². The molecule has 7 nitrogen and oxygen atoms in total. The van der Waals surface area contributed by atoms with Gasteiger partial charge in [0.2, 0.25) is 0 Å². The van der Waals surface area contributed by atoms with Gasteiger partial charge >= 0.3 is 0 Å². The van der Waals surface area contributed by atoms with Crippen LogP contribution in [0.1, 0.15) is 5.56 Å². The van der Waals surface area contributed by atoms with E-state index in [0.717, 1.165) is 16.9 Å². The first kappa shape index (κ1) is 20.1. The molecule has 1 aromatic heterocycles. The van der Waals surface area contributed by atoms with E-state index in [1.54, 1.807) is 13.2 Å². The third kappa shape index (κ3) is 5.68. The molecule has 7 heteroatoms. The quantitative estimate of drug-likeness (QED) is 0.636. The zero-order chi connectivity index (χ0) is 20.6. The van der Waals surface area contributed by atoms with Crippen LogP contribution in [-0.4, -0.2) is 35.7 Å². The smallest absolute Gasteiger partial charge is 0.258 e. The van der Waals surface area contributed by atoms with E-state index in [9.17, 15) is 9.59 Å². The second-order valence-corrected chi connectivity index (χ2v) is 6.49. The fourth-order valence-corrected chi connectivity index (χ4v) is 2.73. The summed E-state index contributed by atoms with van der Waals surface area (Å²) < 4.78 is 12.0. The maximum atomic E-state index is 12.3. The molecule has 0 aliphatic rings. The van der Waals surface area contributed by atoms with Crippen molar-refractivity contribution in [2.75, 3.05) is 20.3 Å². The lowest BCUT2D eigenvalue weighted by molar-refractivity contribution is -0.123. The number of nitrogens with zero attached hydrogens (tertiary/aromatic N) is 2. The van der Waals surface area contributed by atoms with Crippen molar-refractivity contribution in [3.05, 3.63) is 76.8 Å². The van der Waals surface area contributed by atoms with Gasteiger partial charge in [-0.25, -0.2) is 4.98 Å². The first-order valence-corrected chi connectivity index (χ1v) is 9.22. The molecule has 0 aliphatic heterocycles. The maximum Gasteiger partial charge on any atom is 0.258 e. The van der Waals surface area contributed by atoms with Crippen LogP contribution in [0.5, 0.6) is 11.5 Å². The highest BCUT2D eigenvalue weighted by Gasteiger charge is 2.06. The SMILES string of the molecule is COc1ccc(-c2cc(=O)n(CCNC(=O)COc3cccc(C)c3)cn2)cc1. The molecule has 3 aromatic rings. The summed E-state index contributed by atoms with van der Waals surface area (Å²) in [7, 11) is 1.60. The Bertz CT molecular complexity index is 1030. The Morgan fingerprint density at radius 1 is 1.10 bits per heavy atom. The van der Waals surface area contributed by atoms with Crippen molar-refractivity contribution in [3.63, 3.8) is 0 Å². The van der Waals surface area contributed by atoms with E-state index in [4.69, 9.17) is 9.47 Å². The van der Waals surface area contributed by atoms with Crippen molar-refractivity contribution in [2.45, 2.75) is 13.5 Å². The number of rotatable bonds is 8. The number of ether oxygens (including phenoxy) is 2. The molecule has 0 radical (unpaired) electrons. The first-order valence-electron chi connectivity index (χ1n) is 9.22. The average Bonchev–Trinajstić information content (AvgIpc) is 2.73. The molecule has 2 aromatic carbocycles. The van der Waals surface area contributed by atoms with E-state index in [0.29, 0.717) is 24.5 Å². The van der Waals surface area contributed by atoms with Gasteiger partial charge in [0.25, 0.3) is 11.5 Å². The van der Waals surface area contributed by atoms with E-state index in [2.05, 4.69) is 10.3 Å². The third-order valence-electron chi connectivity index (χ3n) is 4.30. The third-order valence-corrected chi connectivity index (χ3v) is 4.30. The topological polar surface area (TPSA) is 82.5 Å². The van der Waals surface area contributed by atoms with Crippen LogP contribution in [0.25, 0.3) is 11.3 Å². The molecule has 3 rings (SSSR count). The molecule has 0 aliphatic carbocycles. The van der Waals surface area contributed by atoms with E-state index < -0.39 is 0 Å². The van der Waals surface area contributed by atoms with E-state index >= 15 is 0 Å². The average molecular weight is 393 g/mol. The Morgan fingerprint density at radius 3 is 2.59 bits per heavy atom. The van der Waals surface area contributed by atoms with Crippen molar-refractivity contribution >= 4 is 5.91 Å². The Balaban J connectivity index is 1.50. The van der Waals surface area contributed by atoms with Crippen LogP contribution in [0.3, 0.4) is 0 Å². The van der Waals surface area contributed by atoms with Crippen LogP contribution >= 0.6 is 0 Å².